The summed E-state index contributed by atoms with van der Waals surface area (Å²) >= 11 is 0. The Balaban J connectivity index is 1.24. The summed E-state index contributed by atoms with van der Waals surface area (Å²) in [5.41, 5.74) is 3.62. The number of para-hydroxylation sites is 1. The third-order valence-corrected chi connectivity index (χ3v) is 5.22. The number of fused-ring (bicyclic) bond motifs is 1. The van der Waals surface area contributed by atoms with Gasteiger partial charge >= 0.3 is 0 Å². The van der Waals surface area contributed by atoms with Crippen molar-refractivity contribution in [3.05, 3.63) is 83.4 Å². The molecule has 0 radical (unpaired) electrons. The lowest BCUT2D eigenvalue weighted by Crippen LogP contribution is -2.25. The smallest absolute Gasteiger partial charge is 0.251 e. The number of amides is 1. The first kappa shape index (κ1) is 19.8. The van der Waals surface area contributed by atoms with E-state index >= 15 is 0 Å². The zero-order valence-electron chi connectivity index (χ0n) is 17.2. The zero-order valence-corrected chi connectivity index (χ0v) is 17.2. The molecule has 6 nitrogen and oxygen atoms in total. The molecule has 0 fully saturated rings. The number of ether oxygens (including phenoxy) is 1. The maximum Gasteiger partial charge on any atom is 0.251 e. The van der Waals surface area contributed by atoms with E-state index < -0.39 is 0 Å². The van der Waals surface area contributed by atoms with Gasteiger partial charge in [-0.1, -0.05) is 23.4 Å². The fourth-order valence-corrected chi connectivity index (χ4v) is 3.45. The molecule has 154 valence electrons. The Morgan fingerprint density at radius 1 is 1.10 bits per heavy atom. The van der Waals surface area contributed by atoms with Crippen molar-refractivity contribution in [1.82, 2.24) is 15.0 Å². The van der Waals surface area contributed by atoms with Crippen LogP contribution in [0, 0.1) is 13.8 Å². The highest BCUT2D eigenvalue weighted by molar-refractivity contribution is 5.94. The first-order valence-electron chi connectivity index (χ1n) is 10.1. The lowest BCUT2D eigenvalue weighted by Gasteiger charge is -2.09. The Bertz CT molecular complexity index is 1120. The molecule has 2 heterocycles. The van der Waals surface area contributed by atoms with E-state index in [1.165, 1.54) is 10.9 Å². The predicted molar refractivity (Wildman–Crippen MR) is 116 cm³/mol. The van der Waals surface area contributed by atoms with Crippen LogP contribution in [0.2, 0.25) is 0 Å². The average Bonchev–Trinajstić information content (AvgIpc) is 3.33. The number of aromatic nitrogens is 2. The maximum absolute atomic E-state index is 12.4. The van der Waals surface area contributed by atoms with Gasteiger partial charge in [-0.05, 0) is 62.1 Å². The Morgan fingerprint density at radius 3 is 2.67 bits per heavy atom. The Morgan fingerprint density at radius 2 is 1.90 bits per heavy atom. The summed E-state index contributed by atoms with van der Waals surface area (Å²) in [6, 6.07) is 17.6. The van der Waals surface area contributed by atoms with Crippen molar-refractivity contribution < 1.29 is 14.1 Å². The van der Waals surface area contributed by atoms with E-state index in [-0.39, 0.29) is 5.91 Å². The first-order valence-corrected chi connectivity index (χ1v) is 10.1. The van der Waals surface area contributed by atoms with E-state index in [0.29, 0.717) is 24.5 Å². The van der Waals surface area contributed by atoms with Crippen molar-refractivity contribution in [2.24, 2.45) is 0 Å². The Labute approximate surface area is 175 Å². The highest BCUT2D eigenvalue weighted by atomic mass is 16.5. The summed E-state index contributed by atoms with van der Waals surface area (Å²) in [5, 5.41) is 8.14. The molecule has 0 saturated heterocycles. The normalized spacial score (nSPS) is 11.0. The first-order chi connectivity index (χ1) is 14.6. The van der Waals surface area contributed by atoms with Gasteiger partial charge in [0, 0.05) is 30.4 Å². The Kier molecular flexibility index (Phi) is 5.84. The van der Waals surface area contributed by atoms with Crippen LogP contribution >= 0.6 is 0 Å². The van der Waals surface area contributed by atoms with Crippen LogP contribution in [0.3, 0.4) is 0 Å². The number of carbonyl (C=O) groups excluding carboxylic acids is 1. The molecule has 1 amide bonds. The van der Waals surface area contributed by atoms with Crippen molar-refractivity contribution >= 4 is 16.8 Å². The molecular weight excluding hydrogens is 378 g/mol. The lowest BCUT2D eigenvalue weighted by atomic mass is 10.2. The molecule has 0 saturated carbocycles. The Hall–Kier alpha value is -3.54. The summed E-state index contributed by atoms with van der Waals surface area (Å²) in [4.78, 5) is 12.4. The molecule has 0 bridgehead atoms. The number of hydrogen-bond acceptors (Lipinski definition) is 4. The molecule has 0 aliphatic heterocycles. The topological polar surface area (TPSA) is 69.3 Å². The van der Waals surface area contributed by atoms with Crippen molar-refractivity contribution in [1.29, 1.82) is 0 Å². The van der Waals surface area contributed by atoms with Crippen molar-refractivity contribution in [2.75, 3.05) is 6.54 Å². The van der Waals surface area contributed by atoms with Crippen LogP contribution < -0.4 is 10.1 Å². The van der Waals surface area contributed by atoms with E-state index in [9.17, 15) is 4.79 Å². The second-order valence-corrected chi connectivity index (χ2v) is 7.29. The van der Waals surface area contributed by atoms with Gasteiger partial charge in [0.25, 0.3) is 5.91 Å². The van der Waals surface area contributed by atoms with Crippen molar-refractivity contribution in [2.45, 2.75) is 33.4 Å². The fraction of sp³-hybridized carbons (Fsp3) is 0.250. The summed E-state index contributed by atoms with van der Waals surface area (Å²) in [7, 11) is 0. The third-order valence-electron chi connectivity index (χ3n) is 5.22. The molecule has 1 N–H and O–H groups in total. The summed E-state index contributed by atoms with van der Waals surface area (Å²) in [6.07, 6.45) is 2.96. The van der Waals surface area contributed by atoms with Crippen molar-refractivity contribution in [3.8, 4) is 5.75 Å². The van der Waals surface area contributed by atoms with Gasteiger partial charge in [0.1, 0.15) is 18.1 Å². The van der Waals surface area contributed by atoms with Gasteiger partial charge in [-0.25, -0.2) is 0 Å². The second kappa shape index (κ2) is 8.86. The summed E-state index contributed by atoms with van der Waals surface area (Å²) in [6.45, 7) is 5.63. The van der Waals surface area contributed by atoms with E-state index in [4.69, 9.17) is 9.26 Å². The van der Waals surface area contributed by atoms with Gasteiger partial charge in [-0.3, -0.25) is 4.79 Å². The molecule has 30 heavy (non-hydrogen) atoms. The molecule has 6 heteroatoms. The molecule has 0 aliphatic carbocycles. The van der Waals surface area contributed by atoms with Crippen LogP contribution in [0.25, 0.3) is 10.9 Å². The highest BCUT2D eigenvalue weighted by Gasteiger charge is 2.10. The van der Waals surface area contributed by atoms with Crippen LogP contribution in [0.4, 0.5) is 0 Å². The molecule has 4 aromatic rings. The molecule has 4 rings (SSSR count). The molecule has 2 aromatic carbocycles. The van der Waals surface area contributed by atoms with Gasteiger partial charge in [-0.2, -0.15) is 0 Å². The number of carbonyl (C=O) groups is 1. The highest BCUT2D eigenvalue weighted by Crippen LogP contribution is 2.18. The van der Waals surface area contributed by atoms with E-state index in [1.54, 1.807) is 24.3 Å². The second-order valence-electron chi connectivity index (χ2n) is 7.29. The third kappa shape index (κ3) is 4.38. The van der Waals surface area contributed by atoms with Crippen LogP contribution in [-0.4, -0.2) is 22.2 Å². The molecule has 0 aliphatic rings. The summed E-state index contributed by atoms with van der Waals surface area (Å²) < 4.78 is 13.1. The number of benzene rings is 2. The molecule has 0 atom stereocenters. The van der Waals surface area contributed by atoms with Gasteiger partial charge < -0.3 is 19.1 Å². The van der Waals surface area contributed by atoms with Crippen LogP contribution in [0.5, 0.6) is 5.75 Å². The van der Waals surface area contributed by atoms with Gasteiger partial charge in [0.2, 0.25) is 0 Å². The number of nitrogens with one attached hydrogen (secondary N) is 1. The largest absolute Gasteiger partial charge is 0.489 e. The predicted octanol–water partition coefficient (Wildman–Crippen LogP) is 4.65. The van der Waals surface area contributed by atoms with E-state index in [2.05, 4.69) is 39.4 Å². The van der Waals surface area contributed by atoms with E-state index in [1.807, 2.05) is 26.0 Å². The SMILES string of the molecule is Cc1noc(C)c1COc1ccc(C(=O)NCCCn2ccc3ccccc32)cc1. The van der Waals surface area contributed by atoms with Gasteiger partial charge in [-0.15, -0.1) is 0 Å². The van der Waals surface area contributed by atoms with Crippen LogP contribution in [-0.2, 0) is 13.2 Å². The molecular formula is C24H25N3O3. The number of hydrogen-bond donors (Lipinski definition) is 1. The fourth-order valence-electron chi connectivity index (χ4n) is 3.45. The standard InChI is InChI=1S/C24H25N3O3/c1-17-22(18(2)30-26-17)16-29-21-10-8-20(9-11-21)24(28)25-13-5-14-27-15-12-19-6-3-4-7-23(19)27/h3-4,6-12,15H,5,13-14,16H2,1-2H3,(H,25,28). The van der Waals surface area contributed by atoms with Gasteiger partial charge in [0.05, 0.1) is 11.3 Å². The monoisotopic (exact) mass is 403 g/mol. The molecule has 0 unspecified atom stereocenters. The zero-order chi connectivity index (χ0) is 20.9. The molecule has 0 spiro atoms. The van der Waals surface area contributed by atoms with Crippen LogP contribution in [0.1, 0.15) is 33.8 Å². The minimum atomic E-state index is -0.0790. The number of aryl methyl sites for hydroxylation is 3. The number of rotatable bonds is 8. The van der Waals surface area contributed by atoms with Crippen molar-refractivity contribution in [3.63, 3.8) is 0 Å². The minimum Gasteiger partial charge on any atom is -0.489 e. The van der Waals surface area contributed by atoms with Crippen LogP contribution in [0.15, 0.2) is 65.3 Å². The average molecular weight is 403 g/mol. The lowest BCUT2D eigenvalue weighted by molar-refractivity contribution is 0.0952. The quantitative estimate of drug-likeness (QED) is 0.435. The summed E-state index contributed by atoms with van der Waals surface area (Å²) in [5.74, 6) is 1.38. The maximum atomic E-state index is 12.4. The molecule has 2 aromatic heterocycles. The number of nitrogens with zero attached hydrogens (tertiary/aromatic N) is 2. The van der Waals surface area contributed by atoms with E-state index in [0.717, 1.165) is 30.0 Å². The van der Waals surface area contributed by atoms with Gasteiger partial charge in [0.15, 0.2) is 0 Å². The minimum absolute atomic E-state index is 0.0790.